The molecule has 2 heteroatoms. The molecule has 0 amide bonds. The molecule has 100 valence electrons. The Morgan fingerprint density at radius 2 is 2.06 bits per heavy atom. The monoisotopic (exact) mass is 247 g/mol. The Morgan fingerprint density at radius 3 is 2.61 bits per heavy atom. The smallest absolute Gasteiger partial charge is 0.122 e. The van der Waals surface area contributed by atoms with Gasteiger partial charge in [0.1, 0.15) is 11.9 Å². The van der Waals surface area contributed by atoms with Gasteiger partial charge in [0.2, 0.25) is 0 Å². The van der Waals surface area contributed by atoms with E-state index in [9.17, 15) is 0 Å². The Labute approximate surface area is 111 Å². The highest BCUT2D eigenvalue weighted by Crippen LogP contribution is 2.28. The third kappa shape index (κ3) is 3.26. The summed E-state index contributed by atoms with van der Waals surface area (Å²) < 4.78 is 6.09. The predicted octanol–water partition coefficient (Wildman–Crippen LogP) is 3.42. The van der Waals surface area contributed by atoms with E-state index in [1.54, 1.807) is 0 Å². The van der Waals surface area contributed by atoms with Gasteiger partial charge in [0.05, 0.1) is 0 Å². The molecule has 1 aromatic rings. The van der Waals surface area contributed by atoms with Gasteiger partial charge in [-0.25, -0.2) is 0 Å². The van der Waals surface area contributed by atoms with Crippen LogP contribution >= 0.6 is 0 Å². The van der Waals surface area contributed by atoms with Crippen LogP contribution in [0.15, 0.2) is 18.2 Å². The molecule has 0 aromatic heterocycles. The van der Waals surface area contributed by atoms with E-state index in [1.165, 1.54) is 17.5 Å². The number of ether oxygens (including phenoxy) is 1. The SMILES string of the molecule is Cc1cc(C(C)(C)C)ccc1O[C@@H]1CCCNC1. The number of rotatable bonds is 2. The minimum atomic E-state index is 0.204. The summed E-state index contributed by atoms with van der Waals surface area (Å²) in [7, 11) is 0. The van der Waals surface area contributed by atoms with Gasteiger partial charge in [-0.1, -0.05) is 32.9 Å². The van der Waals surface area contributed by atoms with Crippen LogP contribution in [0.2, 0.25) is 0 Å². The van der Waals surface area contributed by atoms with Crippen LogP contribution in [0.1, 0.15) is 44.7 Å². The van der Waals surface area contributed by atoms with Gasteiger partial charge in [-0.05, 0) is 48.9 Å². The Bertz CT molecular complexity index is 400. The lowest BCUT2D eigenvalue weighted by molar-refractivity contribution is 0.166. The van der Waals surface area contributed by atoms with Crippen LogP contribution in [0.3, 0.4) is 0 Å². The highest BCUT2D eigenvalue weighted by Gasteiger charge is 2.17. The lowest BCUT2D eigenvalue weighted by atomic mass is 9.86. The van der Waals surface area contributed by atoms with E-state index in [1.807, 2.05) is 0 Å². The summed E-state index contributed by atoms with van der Waals surface area (Å²) >= 11 is 0. The Morgan fingerprint density at radius 1 is 1.28 bits per heavy atom. The zero-order valence-corrected chi connectivity index (χ0v) is 12.0. The molecule has 1 heterocycles. The molecule has 1 atom stereocenters. The maximum atomic E-state index is 6.09. The maximum Gasteiger partial charge on any atom is 0.122 e. The van der Waals surface area contributed by atoms with E-state index < -0.39 is 0 Å². The zero-order valence-electron chi connectivity index (χ0n) is 12.0. The number of piperidine rings is 1. The zero-order chi connectivity index (χ0) is 13.2. The van der Waals surface area contributed by atoms with Crippen molar-refractivity contribution in [1.29, 1.82) is 0 Å². The fourth-order valence-corrected chi connectivity index (χ4v) is 2.35. The summed E-state index contributed by atoms with van der Waals surface area (Å²) in [4.78, 5) is 0. The number of benzene rings is 1. The van der Waals surface area contributed by atoms with Gasteiger partial charge in [-0.15, -0.1) is 0 Å². The van der Waals surface area contributed by atoms with Gasteiger partial charge in [-0.2, -0.15) is 0 Å². The predicted molar refractivity (Wildman–Crippen MR) is 76.4 cm³/mol. The molecule has 2 nitrogen and oxygen atoms in total. The lowest BCUT2D eigenvalue weighted by Gasteiger charge is -2.26. The summed E-state index contributed by atoms with van der Waals surface area (Å²) in [5.74, 6) is 1.04. The quantitative estimate of drug-likeness (QED) is 0.864. The van der Waals surface area contributed by atoms with Crippen molar-refractivity contribution in [2.24, 2.45) is 0 Å². The van der Waals surface area contributed by atoms with Crippen molar-refractivity contribution < 1.29 is 4.74 Å². The van der Waals surface area contributed by atoms with Crippen molar-refractivity contribution in [1.82, 2.24) is 5.32 Å². The molecular weight excluding hydrogens is 222 g/mol. The van der Waals surface area contributed by atoms with Gasteiger partial charge in [0.15, 0.2) is 0 Å². The Hall–Kier alpha value is -1.02. The molecule has 18 heavy (non-hydrogen) atoms. The maximum absolute atomic E-state index is 6.09. The van der Waals surface area contributed by atoms with Gasteiger partial charge >= 0.3 is 0 Å². The van der Waals surface area contributed by atoms with Crippen LogP contribution in [0, 0.1) is 6.92 Å². The molecule has 0 unspecified atom stereocenters. The molecule has 1 aromatic carbocycles. The van der Waals surface area contributed by atoms with E-state index in [-0.39, 0.29) is 5.41 Å². The van der Waals surface area contributed by atoms with Crippen molar-refractivity contribution in [3.05, 3.63) is 29.3 Å². The van der Waals surface area contributed by atoms with Crippen molar-refractivity contribution in [2.75, 3.05) is 13.1 Å². The molecular formula is C16H25NO. The first kappa shape index (κ1) is 13.4. The van der Waals surface area contributed by atoms with E-state index >= 15 is 0 Å². The molecule has 1 N–H and O–H groups in total. The molecule has 1 aliphatic rings. The molecule has 0 saturated carbocycles. The van der Waals surface area contributed by atoms with Gasteiger partial charge in [-0.3, -0.25) is 0 Å². The second-order valence-corrected chi connectivity index (χ2v) is 6.32. The van der Waals surface area contributed by atoms with Crippen LogP contribution in [-0.2, 0) is 5.41 Å². The second kappa shape index (κ2) is 5.31. The average molecular weight is 247 g/mol. The normalized spacial score (nSPS) is 20.8. The van der Waals surface area contributed by atoms with Crippen molar-refractivity contribution in [3.63, 3.8) is 0 Å². The molecule has 2 rings (SSSR count). The van der Waals surface area contributed by atoms with Crippen LogP contribution < -0.4 is 10.1 Å². The number of nitrogens with one attached hydrogen (secondary N) is 1. The average Bonchev–Trinajstić information content (AvgIpc) is 2.32. The van der Waals surface area contributed by atoms with Crippen LogP contribution in [-0.4, -0.2) is 19.2 Å². The number of hydrogen-bond donors (Lipinski definition) is 1. The third-order valence-electron chi connectivity index (χ3n) is 3.59. The highest BCUT2D eigenvalue weighted by molar-refractivity contribution is 5.38. The fourth-order valence-electron chi connectivity index (χ4n) is 2.35. The molecule has 0 spiro atoms. The first-order valence-electron chi connectivity index (χ1n) is 6.95. The third-order valence-corrected chi connectivity index (χ3v) is 3.59. The molecule has 0 bridgehead atoms. The van der Waals surface area contributed by atoms with Crippen molar-refractivity contribution >= 4 is 0 Å². The lowest BCUT2D eigenvalue weighted by Crippen LogP contribution is -2.37. The van der Waals surface area contributed by atoms with E-state index in [0.29, 0.717) is 6.10 Å². The minimum absolute atomic E-state index is 0.204. The second-order valence-electron chi connectivity index (χ2n) is 6.32. The van der Waals surface area contributed by atoms with Gasteiger partial charge < -0.3 is 10.1 Å². The van der Waals surface area contributed by atoms with Crippen LogP contribution in [0.25, 0.3) is 0 Å². The highest BCUT2D eigenvalue weighted by atomic mass is 16.5. The topological polar surface area (TPSA) is 21.3 Å². The summed E-state index contributed by atoms with van der Waals surface area (Å²) in [6, 6.07) is 6.58. The van der Waals surface area contributed by atoms with Crippen molar-refractivity contribution in [2.45, 2.75) is 52.1 Å². The van der Waals surface area contributed by atoms with E-state index in [0.717, 1.165) is 25.3 Å². The number of aryl methyl sites for hydroxylation is 1. The molecule has 1 aliphatic heterocycles. The number of hydrogen-bond acceptors (Lipinski definition) is 2. The summed E-state index contributed by atoms with van der Waals surface area (Å²) in [6.07, 6.45) is 2.70. The van der Waals surface area contributed by atoms with Crippen molar-refractivity contribution in [3.8, 4) is 5.75 Å². The summed E-state index contributed by atoms with van der Waals surface area (Å²) in [5, 5.41) is 3.39. The molecule has 1 saturated heterocycles. The van der Waals surface area contributed by atoms with E-state index in [2.05, 4.69) is 51.2 Å². The summed E-state index contributed by atoms with van der Waals surface area (Å²) in [5.41, 5.74) is 2.82. The summed E-state index contributed by atoms with van der Waals surface area (Å²) in [6.45, 7) is 11.0. The Kier molecular flexibility index (Phi) is 3.96. The largest absolute Gasteiger partial charge is 0.489 e. The molecule has 0 radical (unpaired) electrons. The Balaban J connectivity index is 2.09. The first-order valence-corrected chi connectivity index (χ1v) is 6.95. The standard InChI is InChI=1S/C16H25NO/c1-12-10-13(16(2,3)4)7-8-15(12)18-14-6-5-9-17-11-14/h7-8,10,14,17H,5-6,9,11H2,1-4H3/t14-/m1/s1. The fraction of sp³-hybridized carbons (Fsp3) is 0.625. The minimum Gasteiger partial charge on any atom is -0.489 e. The molecule has 1 fully saturated rings. The van der Waals surface area contributed by atoms with Crippen LogP contribution in [0.4, 0.5) is 0 Å². The van der Waals surface area contributed by atoms with Gasteiger partial charge in [0.25, 0.3) is 0 Å². The first-order chi connectivity index (χ1) is 8.47. The van der Waals surface area contributed by atoms with Gasteiger partial charge in [0, 0.05) is 6.54 Å². The molecule has 0 aliphatic carbocycles. The van der Waals surface area contributed by atoms with E-state index in [4.69, 9.17) is 4.74 Å². The van der Waals surface area contributed by atoms with Crippen LogP contribution in [0.5, 0.6) is 5.75 Å².